The SMILES string of the molecule is CCNCC(C)CCC(C)CC. The molecule has 0 spiro atoms. The van der Waals surface area contributed by atoms with Crippen molar-refractivity contribution in [3.63, 3.8) is 0 Å². The molecule has 1 heteroatoms. The Morgan fingerprint density at radius 1 is 1.00 bits per heavy atom. The highest BCUT2D eigenvalue weighted by Crippen LogP contribution is 2.13. The van der Waals surface area contributed by atoms with Crippen molar-refractivity contribution in [3.8, 4) is 0 Å². The second-order valence-electron chi connectivity index (χ2n) is 4.00. The van der Waals surface area contributed by atoms with E-state index in [1.807, 2.05) is 0 Å². The van der Waals surface area contributed by atoms with Crippen molar-refractivity contribution >= 4 is 0 Å². The first kappa shape index (κ1) is 12.0. The van der Waals surface area contributed by atoms with Gasteiger partial charge in [0.1, 0.15) is 0 Å². The molecule has 0 aromatic rings. The van der Waals surface area contributed by atoms with Crippen molar-refractivity contribution in [2.24, 2.45) is 11.8 Å². The quantitative estimate of drug-likeness (QED) is 0.621. The van der Waals surface area contributed by atoms with E-state index in [4.69, 9.17) is 0 Å². The fourth-order valence-electron chi connectivity index (χ4n) is 1.27. The van der Waals surface area contributed by atoms with Gasteiger partial charge in [-0.15, -0.1) is 0 Å². The van der Waals surface area contributed by atoms with Crippen molar-refractivity contribution in [1.82, 2.24) is 5.32 Å². The smallest absolute Gasteiger partial charge is 0.00233 e. The highest BCUT2D eigenvalue weighted by molar-refractivity contribution is 4.59. The molecule has 0 fully saturated rings. The first-order valence-electron chi connectivity index (χ1n) is 5.41. The summed E-state index contributed by atoms with van der Waals surface area (Å²) in [5.41, 5.74) is 0. The summed E-state index contributed by atoms with van der Waals surface area (Å²) in [6, 6.07) is 0. The van der Waals surface area contributed by atoms with Crippen LogP contribution in [0.2, 0.25) is 0 Å². The number of rotatable bonds is 7. The van der Waals surface area contributed by atoms with Crippen molar-refractivity contribution in [2.45, 2.75) is 47.0 Å². The van der Waals surface area contributed by atoms with Gasteiger partial charge in [0.05, 0.1) is 0 Å². The second-order valence-corrected chi connectivity index (χ2v) is 4.00. The van der Waals surface area contributed by atoms with Gasteiger partial charge in [-0.05, 0) is 31.3 Å². The van der Waals surface area contributed by atoms with Crippen LogP contribution in [0.3, 0.4) is 0 Å². The van der Waals surface area contributed by atoms with Crippen molar-refractivity contribution in [3.05, 3.63) is 0 Å². The van der Waals surface area contributed by atoms with Crippen LogP contribution >= 0.6 is 0 Å². The number of hydrogen-bond donors (Lipinski definition) is 1. The highest BCUT2D eigenvalue weighted by atomic mass is 14.8. The molecule has 1 N–H and O–H groups in total. The average molecular weight is 171 g/mol. The summed E-state index contributed by atoms with van der Waals surface area (Å²) in [5, 5.41) is 3.39. The first-order chi connectivity index (χ1) is 5.70. The molecule has 0 radical (unpaired) electrons. The Balaban J connectivity index is 3.24. The predicted octanol–water partition coefficient (Wildman–Crippen LogP) is 3.06. The minimum Gasteiger partial charge on any atom is -0.317 e. The van der Waals surface area contributed by atoms with E-state index in [9.17, 15) is 0 Å². The summed E-state index contributed by atoms with van der Waals surface area (Å²) in [6.07, 6.45) is 4.10. The molecule has 12 heavy (non-hydrogen) atoms. The van der Waals surface area contributed by atoms with Gasteiger partial charge in [-0.2, -0.15) is 0 Å². The maximum Gasteiger partial charge on any atom is -0.00233 e. The molecule has 0 aromatic carbocycles. The van der Waals surface area contributed by atoms with Gasteiger partial charge in [-0.25, -0.2) is 0 Å². The summed E-state index contributed by atoms with van der Waals surface area (Å²) in [4.78, 5) is 0. The Morgan fingerprint density at radius 3 is 2.08 bits per heavy atom. The van der Waals surface area contributed by atoms with Gasteiger partial charge < -0.3 is 5.32 Å². The molecule has 74 valence electrons. The van der Waals surface area contributed by atoms with Crippen molar-refractivity contribution in [1.29, 1.82) is 0 Å². The Bertz CT molecular complexity index is 91.0. The third-order valence-electron chi connectivity index (χ3n) is 2.59. The van der Waals surface area contributed by atoms with Crippen molar-refractivity contribution < 1.29 is 0 Å². The van der Waals surface area contributed by atoms with Crippen LogP contribution in [0.1, 0.15) is 47.0 Å². The van der Waals surface area contributed by atoms with Crippen LogP contribution in [0, 0.1) is 11.8 Å². The zero-order valence-electron chi connectivity index (χ0n) is 9.19. The molecule has 0 aliphatic rings. The Kier molecular flexibility index (Phi) is 7.58. The molecule has 0 aromatic heterocycles. The summed E-state index contributed by atoms with van der Waals surface area (Å²) >= 11 is 0. The normalized spacial score (nSPS) is 16.0. The molecule has 0 aliphatic carbocycles. The van der Waals surface area contributed by atoms with E-state index < -0.39 is 0 Å². The summed E-state index contributed by atoms with van der Waals surface area (Å²) in [5.74, 6) is 1.76. The van der Waals surface area contributed by atoms with Crippen molar-refractivity contribution in [2.75, 3.05) is 13.1 Å². The summed E-state index contributed by atoms with van der Waals surface area (Å²) in [6.45, 7) is 11.4. The van der Waals surface area contributed by atoms with Crippen LogP contribution in [0.15, 0.2) is 0 Å². The lowest BCUT2D eigenvalue weighted by atomic mass is 9.96. The topological polar surface area (TPSA) is 12.0 Å². The highest BCUT2D eigenvalue weighted by Gasteiger charge is 2.04. The lowest BCUT2D eigenvalue weighted by Gasteiger charge is -2.14. The molecule has 0 saturated carbocycles. The molecule has 0 aliphatic heterocycles. The number of hydrogen-bond acceptors (Lipinski definition) is 1. The zero-order chi connectivity index (χ0) is 9.40. The number of nitrogens with one attached hydrogen (secondary N) is 1. The maximum atomic E-state index is 3.39. The van der Waals surface area contributed by atoms with Gasteiger partial charge in [0.25, 0.3) is 0 Å². The van der Waals surface area contributed by atoms with Gasteiger partial charge in [-0.1, -0.05) is 40.5 Å². The first-order valence-corrected chi connectivity index (χ1v) is 5.41. The molecule has 0 amide bonds. The second kappa shape index (κ2) is 7.60. The lowest BCUT2D eigenvalue weighted by molar-refractivity contribution is 0.408. The minimum absolute atomic E-state index is 0.846. The van der Waals surface area contributed by atoms with Gasteiger partial charge in [0.15, 0.2) is 0 Å². The molecule has 0 bridgehead atoms. The molecular formula is C11H25N. The molecule has 2 atom stereocenters. The molecule has 0 saturated heterocycles. The third-order valence-corrected chi connectivity index (χ3v) is 2.59. The van der Waals surface area contributed by atoms with Gasteiger partial charge in [0, 0.05) is 0 Å². The summed E-state index contributed by atoms with van der Waals surface area (Å²) in [7, 11) is 0. The van der Waals surface area contributed by atoms with Gasteiger partial charge in [0.2, 0.25) is 0 Å². The monoisotopic (exact) mass is 171 g/mol. The molecule has 2 unspecified atom stereocenters. The van der Waals surface area contributed by atoms with E-state index in [1.165, 1.54) is 25.8 Å². The van der Waals surface area contributed by atoms with Crippen LogP contribution in [0.25, 0.3) is 0 Å². The van der Waals surface area contributed by atoms with E-state index in [0.29, 0.717) is 0 Å². The van der Waals surface area contributed by atoms with E-state index in [-0.39, 0.29) is 0 Å². The van der Waals surface area contributed by atoms with Gasteiger partial charge in [-0.3, -0.25) is 0 Å². The van der Waals surface area contributed by atoms with Crippen LogP contribution in [-0.2, 0) is 0 Å². The Hall–Kier alpha value is -0.0400. The lowest BCUT2D eigenvalue weighted by Crippen LogP contribution is -2.20. The predicted molar refractivity (Wildman–Crippen MR) is 56.4 cm³/mol. The molecular weight excluding hydrogens is 146 g/mol. The van der Waals surface area contributed by atoms with Crippen LogP contribution in [0.4, 0.5) is 0 Å². The molecule has 0 rings (SSSR count). The fraction of sp³-hybridized carbons (Fsp3) is 1.00. The van der Waals surface area contributed by atoms with Crippen LogP contribution < -0.4 is 5.32 Å². The van der Waals surface area contributed by atoms with E-state index >= 15 is 0 Å². The fourth-order valence-corrected chi connectivity index (χ4v) is 1.27. The largest absolute Gasteiger partial charge is 0.317 e. The zero-order valence-corrected chi connectivity index (χ0v) is 9.19. The average Bonchev–Trinajstić information content (AvgIpc) is 2.10. The minimum atomic E-state index is 0.846. The molecule has 1 nitrogen and oxygen atoms in total. The Morgan fingerprint density at radius 2 is 1.58 bits per heavy atom. The third kappa shape index (κ3) is 6.66. The van der Waals surface area contributed by atoms with Gasteiger partial charge >= 0.3 is 0 Å². The summed E-state index contributed by atoms with van der Waals surface area (Å²) < 4.78 is 0. The van der Waals surface area contributed by atoms with Crippen LogP contribution in [-0.4, -0.2) is 13.1 Å². The molecule has 0 heterocycles. The van der Waals surface area contributed by atoms with E-state index in [2.05, 4.69) is 33.0 Å². The Labute approximate surface area is 77.9 Å². The van der Waals surface area contributed by atoms with E-state index in [1.54, 1.807) is 0 Å². The van der Waals surface area contributed by atoms with Crippen LogP contribution in [0.5, 0.6) is 0 Å². The standard InChI is InChI=1S/C11H25N/c1-5-10(3)7-8-11(4)9-12-6-2/h10-12H,5-9H2,1-4H3. The maximum absolute atomic E-state index is 3.39. The van der Waals surface area contributed by atoms with E-state index in [0.717, 1.165) is 18.4 Å².